The number of aliphatic hydroxyl groups is 1. The van der Waals surface area contributed by atoms with Gasteiger partial charge in [-0.15, -0.1) is 0 Å². The molecule has 6 heteroatoms. The predicted octanol–water partition coefficient (Wildman–Crippen LogP) is 2.33. The fourth-order valence-corrected chi connectivity index (χ4v) is 2.29. The van der Waals surface area contributed by atoms with Crippen LogP contribution in [0.4, 0.5) is 0 Å². The average Bonchev–Trinajstić information content (AvgIpc) is 2.38. The average molecular weight is 293 g/mol. The summed E-state index contributed by atoms with van der Waals surface area (Å²) in [7, 11) is -3.28. The standard InChI is InChI=1S/C14H15NO4S/c1-10(16)11-6-7-15-14(8-11)19-12-4-3-5-13(9-12)20(2,17)18/h3-10,16H,1-2H3. The van der Waals surface area contributed by atoms with E-state index in [1.54, 1.807) is 31.2 Å². The first-order valence-corrected chi connectivity index (χ1v) is 7.87. The van der Waals surface area contributed by atoms with Crippen molar-refractivity contribution >= 4 is 9.84 Å². The number of benzene rings is 1. The zero-order valence-corrected chi connectivity index (χ0v) is 12.0. The molecule has 5 nitrogen and oxygen atoms in total. The molecule has 1 atom stereocenters. The van der Waals surface area contributed by atoms with Gasteiger partial charge in [-0.3, -0.25) is 0 Å². The molecule has 0 fully saturated rings. The molecule has 0 spiro atoms. The molecule has 0 aliphatic carbocycles. The van der Waals surface area contributed by atoms with Gasteiger partial charge in [0.2, 0.25) is 5.88 Å². The van der Waals surface area contributed by atoms with Crippen molar-refractivity contribution in [3.63, 3.8) is 0 Å². The second-order valence-electron chi connectivity index (χ2n) is 4.45. The lowest BCUT2D eigenvalue weighted by molar-refractivity contribution is 0.198. The molecule has 106 valence electrons. The summed E-state index contributed by atoms with van der Waals surface area (Å²) in [6.07, 6.45) is 2.04. The van der Waals surface area contributed by atoms with Crippen LogP contribution in [0, 0.1) is 0 Å². The SMILES string of the molecule is CC(O)c1ccnc(Oc2cccc(S(C)(=O)=O)c2)c1. The van der Waals surface area contributed by atoms with Crippen molar-refractivity contribution in [3.05, 3.63) is 48.2 Å². The topological polar surface area (TPSA) is 76.5 Å². The monoisotopic (exact) mass is 293 g/mol. The normalized spacial score (nSPS) is 12.9. The van der Waals surface area contributed by atoms with Gasteiger partial charge >= 0.3 is 0 Å². The third-order valence-corrected chi connectivity index (χ3v) is 3.81. The lowest BCUT2D eigenvalue weighted by atomic mass is 10.2. The van der Waals surface area contributed by atoms with Crippen LogP contribution in [-0.2, 0) is 9.84 Å². The lowest BCUT2D eigenvalue weighted by Crippen LogP contribution is -1.98. The number of pyridine rings is 1. The Morgan fingerprint density at radius 3 is 2.65 bits per heavy atom. The van der Waals surface area contributed by atoms with Gasteiger partial charge in [0.05, 0.1) is 11.0 Å². The fraction of sp³-hybridized carbons (Fsp3) is 0.214. The number of nitrogens with zero attached hydrogens (tertiary/aromatic N) is 1. The van der Waals surface area contributed by atoms with Gasteiger partial charge in [-0.2, -0.15) is 0 Å². The minimum Gasteiger partial charge on any atom is -0.439 e. The van der Waals surface area contributed by atoms with Crippen LogP contribution in [0.3, 0.4) is 0 Å². The molecule has 1 N–H and O–H groups in total. The lowest BCUT2D eigenvalue weighted by Gasteiger charge is -2.09. The minimum absolute atomic E-state index is 0.182. The summed E-state index contributed by atoms with van der Waals surface area (Å²) in [5.41, 5.74) is 0.675. The molecule has 0 aliphatic heterocycles. The molecule has 20 heavy (non-hydrogen) atoms. The van der Waals surface area contributed by atoms with E-state index in [2.05, 4.69) is 4.98 Å². The zero-order chi connectivity index (χ0) is 14.8. The summed E-state index contributed by atoms with van der Waals surface area (Å²) in [4.78, 5) is 4.21. The highest BCUT2D eigenvalue weighted by Crippen LogP contribution is 2.24. The summed E-state index contributed by atoms with van der Waals surface area (Å²) in [6, 6.07) is 9.48. The zero-order valence-electron chi connectivity index (χ0n) is 11.1. The van der Waals surface area contributed by atoms with Gasteiger partial charge < -0.3 is 9.84 Å². The van der Waals surface area contributed by atoms with Crippen molar-refractivity contribution in [3.8, 4) is 11.6 Å². The molecule has 0 amide bonds. The van der Waals surface area contributed by atoms with Crippen LogP contribution in [0.25, 0.3) is 0 Å². The summed E-state index contributed by atoms with van der Waals surface area (Å²) >= 11 is 0. The van der Waals surface area contributed by atoms with Crippen LogP contribution >= 0.6 is 0 Å². The van der Waals surface area contributed by atoms with Crippen molar-refractivity contribution in [1.82, 2.24) is 4.98 Å². The van der Waals surface area contributed by atoms with Crippen molar-refractivity contribution in [2.45, 2.75) is 17.9 Å². The predicted molar refractivity (Wildman–Crippen MR) is 74.5 cm³/mol. The first kappa shape index (κ1) is 14.5. The van der Waals surface area contributed by atoms with Crippen molar-refractivity contribution in [2.75, 3.05) is 6.26 Å². The molecule has 0 aliphatic rings. The van der Waals surface area contributed by atoms with Crippen LogP contribution in [0.1, 0.15) is 18.6 Å². The molecule has 1 heterocycles. The van der Waals surface area contributed by atoms with Gasteiger partial charge in [0.1, 0.15) is 5.75 Å². The molecular weight excluding hydrogens is 278 g/mol. The van der Waals surface area contributed by atoms with E-state index >= 15 is 0 Å². The molecule has 2 rings (SSSR count). The molecule has 1 aromatic carbocycles. The Bertz CT molecular complexity index is 711. The molecule has 0 radical (unpaired) electrons. The van der Waals surface area contributed by atoms with Crippen LogP contribution in [-0.4, -0.2) is 24.8 Å². The number of rotatable bonds is 4. The van der Waals surface area contributed by atoms with E-state index in [1.807, 2.05) is 0 Å². The highest BCUT2D eigenvalue weighted by atomic mass is 32.2. The first-order valence-electron chi connectivity index (χ1n) is 5.98. The van der Waals surface area contributed by atoms with Crippen molar-refractivity contribution in [2.24, 2.45) is 0 Å². The second-order valence-corrected chi connectivity index (χ2v) is 6.47. The van der Waals surface area contributed by atoms with Crippen LogP contribution in [0.15, 0.2) is 47.5 Å². The number of sulfone groups is 1. The largest absolute Gasteiger partial charge is 0.439 e. The van der Waals surface area contributed by atoms with Gasteiger partial charge in [-0.1, -0.05) is 6.07 Å². The first-order chi connectivity index (χ1) is 9.36. The molecule has 0 bridgehead atoms. The smallest absolute Gasteiger partial charge is 0.219 e. The van der Waals surface area contributed by atoms with E-state index in [4.69, 9.17) is 4.74 Å². The molecule has 0 saturated heterocycles. The van der Waals surface area contributed by atoms with Gasteiger partial charge in [0.15, 0.2) is 9.84 Å². The van der Waals surface area contributed by atoms with E-state index < -0.39 is 15.9 Å². The Balaban J connectivity index is 2.29. The number of aromatic nitrogens is 1. The summed E-state index contributed by atoms with van der Waals surface area (Å²) in [5, 5.41) is 9.50. The molecule has 1 aromatic heterocycles. The quantitative estimate of drug-likeness (QED) is 0.936. The Labute approximate surface area is 117 Å². The van der Waals surface area contributed by atoms with Gasteiger partial charge in [-0.05, 0) is 36.8 Å². The molecule has 0 saturated carbocycles. The molecule has 1 unspecified atom stereocenters. The summed E-state index contributed by atoms with van der Waals surface area (Å²) < 4.78 is 28.5. The fourth-order valence-electron chi connectivity index (χ4n) is 1.63. The van der Waals surface area contributed by atoms with E-state index in [1.165, 1.54) is 18.3 Å². The Kier molecular flexibility index (Phi) is 4.06. The molecule has 2 aromatic rings. The Morgan fingerprint density at radius 2 is 2.00 bits per heavy atom. The highest BCUT2D eigenvalue weighted by Gasteiger charge is 2.09. The van der Waals surface area contributed by atoms with Gasteiger partial charge in [0.25, 0.3) is 0 Å². The number of aliphatic hydroxyl groups excluding tert-OH is 1. The summed E-state index contributed by atoms with van der Waals surface area (Å²) in [6.45, 7) is 1.64. The number of hydrogen-bond donors (Lipinski definition) is 1. The van der Waals surface area contributed by atoms with Crippen molar-refractivity contribution in [1.29, 1.82) is 0 Å². The maximum absolute atomic E-state index is 11.5. The van der Waals surface area contributed by atoms with E-state index in [0.29, 0.717) is 17.2 Å². The third-order valence-electron chi connectivity index (χ3n) is 2.70. The second kappa shape index (κ2) is 5.60. The molecular formula is C14H15NO4S. The van der Waals surface area contributed by atoms with Gasteiger partial charge in [-0.25, -0.2) is 13.4 Å². The van der Waals surface area contributed by atoms with E-state index in [9.17, 15) is 13.5 Å². The third kappa shape index (κ3) is 3.55. The minimum atomic E-state index is -3.28. The van der Waals surface area contributed by atoms with Crippen LogP contribution in [0.5, 0.6) is 11.6 Å². The van der Waals surface area contributed by atoms with Crippen LogP contribution < -0.4 is 4.74 Å². The maximum Gasteiger partial charge on any atom is 0.219 e. The highest BCUT2D eigenvalue weighted by molar-refractivity contribution is 7.90. The Hall–Kier alpha value is -1.92. The number of hydrogen-bond acceptors (Lipinski definition) is 5. The van der Waals surface area contributed by atoms with Crippen LogP contribution in [0.2, 0.25) is 0 Å². The van der Waals surface area contributed by atoms with Crippen molar-refractivity contribution < 1.29 is 18.3 Å². The maximum atomic E-state index is 11.5. The number of ether oxygens (including phenoxy) is 1. The Morgan fingerprint density at radius 1 is 1.25 bits per heavy atom. The summed E-state index contributed by atoms with van der Waals surface area (Å²) in [5.74, 6) is 0.678. The van der Waals surface area contributed by atoms with E-state index in [-0.39, 0.29) is 4.90 Å². The van der Waals surface area contributed by atoms with Gasteiger partial charge in [0, 0.05) is 18.5 Å². The van der Waals surface area contributed by atoms with E-state index in [0.717, 1.165) is 6.26 Å².